The summed E-state index contributed by atoms with van der Waals surface area (Å²) >= 11 is 1.58. The zero-order chi connectivity index (χ0) is 18.8. The number of aryl methyl sites for hydroxylation is 1. The van der Waals surface area contributed by atoms with Gasteiger partial charge >= 0.3 is 0 Å². The van der Waals surface area contributed by atoms with E-state index in [0.717, 1.165) is 32.9 Å². The lowest BCUT2D eigenvalue weighted by molar-refractivity contribution is -0.126. The predicted molar refractivity (Wildman–Crippen MR) is 108 cm³/mol. The van der Waals surface area contributed by atoms with Gasteiger partial charge < -0.3 is 10.2 Å². The number of amides is 2. The van der Waals surface area contributed by atoms with Gasteiger partial charge in [0.25, 0.3) is 0 Å². The summed E-state index contributed by atoms with van der Waals surface area (Å²) in [6, 6.07) is 15.8. The molecule has 0 aliphatic carbocycles. The van der Waals surface area contributed by atoms with E-state index in [9.17, 15) is 9.59 Å². The highest BCUT2D eigenvalue weighted by Crippen LogP contribution is 2.29. The molecule has 0 bridgehead atoms. The Kier molecular flexibility index (Phi) is 4.90. The lowest BCUT2D eigenvalue weighted by atomic mass is 10.1. The molecule has 1 unspecified atom stereocenters. The third-order valence-electron chi connectivity index (χ3n) is 4.91. The van der Waals surface area contributed by atoms with Gasteiger partial charge in [-0.05, 0) is 30.2 Å². The first-order chi connectivity index (χ1) is 13.2. The third kappa shape index (κ3) is 3.57. The van der Waals surface area contributed by atoms with Crippen LogP contribution in [0.1, 0.15) is 23.9 Å². The topological polar surface area (TPSA) is 62.3 Å². The molecule has 3 aromatic rings. The number of benzene rings is 2. The largest absolute Gasteiger partial charge is 0.349 e. The van der Waals surface area contributed by atoms with Crippen LogP contribution in [0.3, 0.4) is 0 Å². The second kappa shape index (κ2) is 7.48. The van der Waals surface area contributed by atoms with E-state index in [1.807, 2.05) is 48.5 Å². The average molecular weight is 379 g/mol. The molecule has 1 saturated heterocycles. The number of nitrogens with one attached hydrogen (secondary N) is 1. The van der Waals surface area contributed by atoms with E-state index in [1.54, 1.807) is 16.2 Å². The van der Waals surface area contributed by atoms with E-state index in [4.69, 9.17) is 0 Å². The standard InChI is InChI=1S/C21H21N3O2S/c1-2-14-7-3-5-9-17(14)24-13-15(11-20(24)25)21(26)22-12-19-23-16-8-4-6-10-18(16)27-19/h3-10,15H,2,11-13H2,1H3,(H,22,26). The Morgan fingerprint density at radius 3 is 2.81 bits per heavy atom. The summed E-state index contributed by atoms with van der Waals surface area (Å²) in [5.41, 5.74) is 3.00. The number of nitrogens with zero attached hydrogens (tertiary/aromatic N) is 2. The molecule has 1 fully saturated rings. The molecule has 5 nitrogen and oxygen atoms in total. The van der Waals surface area contributed by atoms with Gasteiger partial charge in [-0.25, -0.2) is 4.98 Å². The van der Waals surface area contributed by atoms with Crippen molar-refractivity contribution in [3.8, 4) is 0 Å². The van der Waals surface area contributed by atoms with E-state index < -0.39 is 0 Å². The van der Waals surface area contributed by atoms with Crippen LogP contribution in [-0.2, 0) is 22.6 Å². The van der Waals surface area contributed by atoms with Crippen LogP contribution in [0.15, 0.2) is 48.5 Å². The zero-order valence-corrected chi connectivity index (χ0v) is 16.0. The number of hydrogen-bond acceptors (Lipinski definition) is 4. The van der Waals surface area contributed by atoms with Crippen LogP contribution in [0.25, 0.3) is 10.2 Å². The van der Waals surface area contributed by atoms with Crippen LogP contribution in [0.5, 0.6) is 0 Å². The van der Waals surface area contributed by atoms with E-state index in [0.29, 0.717) is 13.1 Å². The maximum Gasteiger partial charge on any atom is 0.227 e. The average Bonchev–Trinajstić information content (AvgIpc) is 3.29. The Hall–Kier alpha value is -2.73. The highest BCUT2D eigenvalue weighted by molar-refractivity contribution is 7.18. The van der Waals surface area contributed by atoms with Crippen molar-refractivity contribution in [2.75, 3.05) is 11.4 Å². The Labute approximate surface area is 162 Å². The Bertz CT molecular complexity index is 965. The van der Waals surface area contributed by atoms with Crippen molar-refractivity contribution >= 4 is 39.1 Å². The van der Waals surface area contributed by atoms with Gasteiger partial charge in [-0.1, -0.05) is 37.3 Å². The monoisotopic (exact) mass is 379 g/mol. The molecule has 138 valence electrons. The normalized spacial score (nSPS) is 16.9. The lowest BCUT2D eigenvalue weighted by Gasteiger charge is -2.19. The second-order valence-corrected chi connectivity index (χ2v) is 7.80. The van der Waals surface area contributed by atoms with Crippen LogP contribution in [0.2, 0.25) is 0 Å². The number of carbonyl (C=O) groups is 2. The fourth-order valence-electron chi connectivity index (χ4n) is 3.49. The maximum absolute atomic E-state index is 12.6. The number of fused-ring (bicyclic) bond motifs is 1. The molecule has 1 aliphatic rings. The van der Waals surface area contributed by atoms with Crippen molar-refractivity contribution in [3.05, 3.63) is 59.1 Å². The van der Waals surface area contributed by atoms with Gasteiger partial charge in [-0.15, -0.1) is 11.3 Å². The molecule has 2 aromatic carbocycles. The minimum Gasteiger partial charge on any atom is -0.349 e. The van der Waals surface area contributed by atoms with E-state index in [1.165, 1.54) is 0 Å². The number of hydrogen-bond donors (Lipinski definition) is 1. The van der Waals surface area contributed by atoms with Gasteiger partial charge in [-0.2, -0.15) is 0 Å². The molecule has 1 aromatic heterocycles. The Balaban J connectivity index is 1.41. The first-order valence-electron chi connectivity index (χ1n) is 9.16. The minimum absolute atomic E-state index is 0.0102. The summed E-state index contributed by atoms with van der Waals surface area (Å²) in [5, 5.41) is 3.83. The summed E-state index contributed by atoms with van der Waals surface area (Å²) < 4.78 is 1.11. The molecule has 6 heteroatoms. The van der Waals surface area contributed by atoms with Crippen LogP contribution < -0.4 is 10.2 Å². The molecule has 1 atom stereocenters. The number of thiazole rings is 1. The van der Waals surface area contributed by atoms with Crippen LogP contribution >= 0.6 is 11.3 Å². The summed E-state index contributed by atoms with van der Waals surface area (Å²) in [6.07, 6.45) is 1.11. The van der Waals surface area contributed by atoms with Gasteiger partial charge in [0.15, 0.2) is 0 Å². The molecule has 1 aliphatic heterocycles. The van der Waals surface area contributed by atoms with Gasteiger partial charge in [-0.3, -0.25) is 9.59 Å². The van der Waals surface area contributed by atoms with Crippen LogP contribution in [-0.4, -0.2) is 23.3 Å². The van der Waals surface area contributed by atoms with Crippen LogP contribution in [0, 0.1) is 5.92 Å². The van der Waals surface area contributed by atoms with Crippen molar-refractivity contribution in [2.45, 2.75) is 26.3 Å². The smallest absolute Gasteiger partial charge is 0.227 e. The molecule has 0 radical (unpaired) electrons. The number of para-hydroxylation sites is 2. The van der Waals surface area contributed by atoms with Crippen molar-refractivity contribution in [1.29, 1.82) is 0 Å². The summed E-state index contributed by atoms with van der Waals surface area (Å²) in [7, 11) is 0. The molecule has 0 spiro atoms. The summed E-state index contributed by atoms with van der Waals surface area (Å²) in [6.45, 7) is 2.90. The SMILES string of the molecule is CCc1ccccc1N1CC(C(=O)NCc2nc3ccccc3s2)CC1=O. The first-order valence-corrected chi connectivity index (χ1v) is 9.97. The Morgan fingerprint density at radius 2 is 2.00 bits per heavy atom. The van der Waals surface area contributed by atoms with Gasteiger partial charge in [0.05, 0.1) is 22.7 Å². The molecular formula is C21H21N3O2S. The van der Waals surface area contributed by atoms with Crippen molar-refractivity contribution < 1.29 is 9.59 Å². The van der Waals surface area contributed by atoms with Crippen molar-refractivity contribution in [1.82, 2.24) is 10.3 Å². The fraction of sp³-hybridized carbons (Fsp3) is 0.286. The lowest BCUT2D eigenvalue weighted by Crippen LogP contribution is -2.32. The number of anilines is 1. The molecule has 1 N–H and O–H groups in total. The van der Waals surface area contributed by atoms with Gasteiger partial charge in [0.2, 0.25) is 11.8 Å². The van der Waals surface area contributed by atoms with E-state index in [-0.39, 0.29) is 24.2 Å². The second-order valence-electron chi connectivity index (χ2n) is 6.68. The molecular weight excluding hydrogens is 358 g/mol. The molecule has 2 amide bonds. The van der Waals surface area contributed by atoms with Crippen molar-refractivity contribution in [2.24, 2.45) is 5.92 Å². The Morgan fingerprint density at radius 1 is 1.22 bits per heavy atom. The van der Waals surface area contributed by atoms with Gasteiger partial charge in [0.1, 0.15) is 5.01 Å². The van der Waals surface area contributed by atoms with E-state index in [2.05, 4.69) is 17.2 Å². The highest BCUT2D eigenvalue weighted by Gasteiger charge is 2.35. The van der Waals surface area contributed by atoms with E-state index >= 15 is 0 Å². The molecule has 4 rings (SSSR count). The molecule has 27 heavy (non-hydrogen) atoms. The number of carbonyl (C=O) groups excluding carboxylic acids is 2. The number of aromatic nitrogens is 1. The van der Waals surface area contributed by atoms with Crippen LogP contribution in [0.4, 0.5) is 5.69 Å². The van der Waals surface area contributed by atoms with Crippen molar-refractivity contribution in [3.63, 3.8) is 0 Å². The summed E-state index contributed by atoms with van der Waals surface area (Å²) in [4.78, 5) is 31.4. The maximum atomic E-state index is 12.6. The first kappa shape index (κ1) is 17.7. The zero-order valence-electron chi connectivity index (χ0n) is 15.1. The quantitative estimate of drug-likeness (QED) is 0.738. The number of rotatable bonds is 5. The molecule has 2 heterocycles. The fourth-order valence-corrected chi connectivity index (χ4v) is 4.40. The minimum atomic E-state index is -0.322. The molecule has 0 saturated carbocycles. The summed E-state index contributed by atoms with van der Waals surface area (Å²) in [5.74, 6) is -0.396. The highest BCUT2D eigenvalue weighted by atomic mass is 32.1. The van der Waals surface area contributed by atoms with Gasteiger partial charge in [0, 0.05) is 18.7 Å². The third-order valence-corrected chi connectivity index (χ3v) is 5.95. The predicted octanol–water partition coefficient (Wildman–Crippen LogP) is 3.53.